The Bertz CT molecular complexity index is 1070. The molecule has 8 nitrogen and oxygen atoms in total. The topological polar surface area (TPSA) is 97.8 Å². The van der Waals surface area contributed by atoms with E-state index < -0.39 is 29.1 Å². The molecule has 0 saturated carbocycles. The molecule has 0 unspecified atom stereocenters. The van der Waals surface area contributed by atoms with Crippen molar-refractivity contribution in [3.63, 3.8) is 0 Å². The number of amides is 1. The highest BCUT2D eigenvalue weighted by Crippen LogP contribution is 2.46. The third kappa shape index (κ3) is 4.72. The predicted octanol–water partition coefficient (Wildman–Crippen LogP) is 4.61. The maximum Gasteiger partial charge on any atom is 0.421 e. The molecule has 0 atom stereocenters. The van der Waals surface area contributed by atoms with Crippen molar-refractivity contribution in [2.24, 2.45) is 5.92 Å². The van der Waals surface area contributed by atoms with E-state index in [0.29, 0.717) is 31.6 Å². The second kappa shape index (κ2) is 8.11. The highest BCUT2D eigenvalue weighted by atomic mass is 19.4. The standard InChI is InChI=1S/C22H26F3N3O5/c1-21(2,3)33-20(31)27-8-6-12(7-9-27)10-28-11-13-4-5-14-15(17(13)26-28)16(22(23,24)25)18(32-14)19(29)30/h11-12H,4-10H2,1-3H3,(H,29,30). The lowest BCUT2D eigenvalue weighted by atomic mass is 9.93. The van der Waals surface area contributed by atoms with E-state index in [-0.39, 0.29) is 35.4 Å². The molecule has 33 heavy (non-hydrogen) atoms. The average molecular weight is 469 g/mol. The molecule has 1 amide bonds. The Morgan fingerprint density at radius 3 is 2.45 bits per heavy atom. The van der Waals surface area contributed by atoms with Gasteiger partial charge in [-0.25, -0.2) is 9.59 Å². The number of carboxylic acid groups (broad SMARTS) is 1. The minimum atomic E-state index is -4.88. The Kier molecular flexibility index (Phi) is 5.69. The highest BCUT2D eigenvalue weighted by Gasteiger charge is 2.45. The van der Waals surface area contributed by atoms with Crippen LogP contribution in [0.5, 0.6) is 0 Å². The third-order valence-electron chi connectivity index (χ3n) is 5.87. The first-order chi connectivity index (χ1) is 15.3. The monoisotopic (exact) mass is 469 g/mol. The number of rotatable bonds is 3. The van der Waals surface area contributed by atoms with E-state index in [1.807, 2.05) is 20.8 Å². The van der Waals surface area contributed by atoms with Crippen LogP contribution in [0.1, 0.15) is 61.1 Å². The van der Waals surface area contributed by atoms with E-state index in [1.54, 1.807) is 15.8 Å². The van der Waals surface area contributed by atoms with Gasteiger partial charge in [0.25, 0.3) is 0 Å². The van der Waals surface area contributed by atoms with Crippen LogP contribution < -0.4 is 0 Å². The first kappa shape index (κ1) is 23.2. The van der Waals surface area contributed by atoms with Gasteiger partial charge < -0.3 is 19.2 Å². The fourth-order valence-corrected chi connectivity index (χ4v) is 4.41. The van der Waals surface area contributed by atoms with Crippen LogP contribution in [0.4, 0.5) is 18.0 Å². The van der Waals surface area contributed by atoms with Gasteiger partial charge in [0.05, 0.1) is 11.3 Å². The average Bonchev–Trinajstić information content (AvgIpc) is 3.27. The van der Waals surface area contributed by atoms with Gasteiger partial charge in [-0.2, -0.15) is 18.3 Å². The van der Waals surface area contributed by atoms with Gasteiger partial charge in [0.1, 0.15) is 16.9 Å². The molecule has 0 bridgehead atoms. The minimum absolute atomic E-state index is 0.00291. The number of aryl methyl sites for hydroxylation is 2. The summed E-state index contributed by atoms with van der Waals surface area (Å²) in [6.45, 7) is 7.00. The zero-order valence-corrected chi connectivity index (χ0v) is 18.7. The number of carbonyl (C=O) groups is 2. The molecule has 2 aromatic heterocycles. The van der Waals surface area contributed by atoms with E-state index >= 15 is 0 Å². The third-order valence-corrected chi connectivity index (χ3v) is 5.87. The van der Waals surface area contributed by atoms with E-state index in [1.165, 1.54) is 0 Å². The van der Waals surface area contributed by atoms with Crippen LogP contribution in [-0.2, 0) is 30.3 Å². The molecule has 1 aliphatic carbocycles. The number of likely N-dealkylation sites (tertiary alicyclic amines) is 1. The summed E-state index contributed by atoms with van der Waals surface area (Å²) in [6, 6.07) is 0. The Morgan fingerprint density at radius 1 is 1.21 bits per heavy atom. The van der Waals surface area contributed by atoms with Gasteiger partial charge in [-0.3, -0.25) is 4.68 Å². The number of halogens is 3. The van der Waals surface area contributed by atoms with Crippen molar-refractivity contribution in [1.82, 2.24) is 14.7 Å². The fourth-order valence-electron chi connectivity index (χ4n) is 4.41. The predicted molar refractivity (Wildman–Crippen MR) is 110 cm³/mol. The number of hydrogen-bond acceptors (Lipinski definition) is 5. The maximum absolute atomic E-state index is 13.7. The van der Waals surface area contributed by atoms with E-state index in [4.69, 9.17) is 9.15 Å². The Labute approximate surface area is 188 Å². The lowest BCUT2D eigenvalue weighted by Gasteiger charge is -2.33. The molecule has 2 aliphatic rings. The number of aromatic nitrogens is 2. The lowest BCUT2D eigenvalue weighted by molar-refractivity contribution is -0.138. The highest BCUT2D eigenvalue weighted by molar-refractivity contribution is 5.90. The van der Waals surface area contributed by atoms with Crippen molar-refractivity contribution >= 4 is 12.1 Å². The SMILES string of the molecule is CC(C)(C)OC(=O)N1CCC(Cn2cc3c(n2)-c2c(oc(C(=O)O)c2C(F)(F)F)CC3)CC1. The minimum Gasteiger partial charge on any atom is -0.475 e. The molecular weight excluding hydrogens is 443 g/mol. The van der Waals surface area contributed by atoms with Crippen LogP contribution in [0.15, 0.2) is 10.6 Å². The molecule has 0 radical (unpaired) electrons. The zero-order chi connectivity index (χ0) is 24.1. The van der Waals surface area contributed by atoms with Crippen molar-refractivity contribution < 1.29 is 37.0 Å². The summed E-state index contributed by atoms with van der Waals surface area (Å²) in [5, 5.41) is 13.6. The number of furan rings is 1. The summed E-state index contributed by atoms with van der Waals surface area (Å²) in [5.74, 6) is -2.65. The molecule has 1 N–H and O–H groups in total. The number of aromatic carboxylic acids is 1. The quantitative estimate of drug-likeness (QED) is 0.705. The van der Waals surface area contributed by atoms with E-state index in [9.17, 15) is 27.9 Å². The number of ether oxygens (including phenoxy) is 1. The number of alkyl halides is 3. The van der Waals surface area contributed by atoms with Crippen molar-refractivity contribution in [2.45, 2.75) is 64.8 Å². The van der Waals surface area contributed by atoms with Crippen LogP contribution in [-0.4, -0.2) is 50.5 Å². The molecule has 2 aromatic rings. The van der Waals surface area contributed by atoms with Gasteiger partial charge >= 0.3 is 18.2 Å². The second-order valence-electron chi connectivity index (χ2n) is 9.54. The van der Waals surface area contributed by atoms with Gasteiger partial charge in [0, 0.05) is 32.3 Å². The second-order valence-corrected chi connectivity index (χ2v) is 9.54. The fraction of sp³-hybridized carbons (Fsp3) is 0.591. The summed E-state index contributed by atoms with van der Waals surface area (Å²) in [6.07, 6.45) is -1.46. The van der Waals surface area contributed by atoms with Crippen LogP contribution in [0.3, 0.4) is 0 Å². The first-order valence-electron chi connectivity index (χ1n) is 10.8. The molecule has 3 heterocycles. The molecule has 0 aromatic carbocycles. The number of fused-ring (bicyclic) bond motifs is 3. The molecule has 11 heteroatoms. The number of carbonyl (C=O) groups excluding carboxylic acids is 1. The first-order valence-corrected chi connectivity index (χ1v) is 10.8. The van der Waals surface area contributed by atoms with Crippen molar-refractivity contribution in [1.29, 1.82) is 0 Å². The normalized spacial score (nSPS) is 17.0. The van der Waals surface area contributed by atoms with Gasteiger partial charge in [0.15, 0.2) is 0 Å². The molecular formula is C22H26F3N3O5. The van der Waals surface area contributed by atoms with E-state index in [0.717, 1.165) is 12.8 Å². The van der Waals surface area contributed by atoms with Gasteiger partial charge in [-0.1, -0.05) is 0 Å². The Balaban J connectivity index is 1.50. The summed E-state index contributed by atoms with van der Waals surface area (Å²) in [7, 11) is 0. The smallest absolute Gasteiger partial charge is 0.421 e. The molecule has 1 saturated heterocycles. The number of carboxylic acids is 1. The van der Waals surface area contributed by atoms with Crippen molar-refractivity contribution in [3.8, 4) is 11.3 Å². The Morgan fingerprint density at radius 2 is 1.88 bits per heavy atom. The molecule has 180 valence electrons. The summed E-state index contributed by atoms with van der Waals surface area (Å²) >= 11 is 0. The zero-order valence-electron chi connectivity index (χ0n) is 18.7. The number of piperidine rings is 1. The van der Waals surface area contributed by atoms with Gasteiger partial charge in [-0.15, -0.1) is 0 Å². The summed E-state index contributed by atoms with van der Waals surface area (Å²) < 4.78 is 53.2. The van der Waals surface area contributed by atoms with Crippen LogP contribution in [0, 0.1) is 5.92 Å². The van der Waals surface area contributed by atoms with E-state index in [2.05, 4.69) is 5.10 Å². The van der Waals surface area contributed by atoms with Crippen LogP contribution in [0.2, 0.25) is 0 Å². The summed E-state index contributed by atoms with van der Waals surface area (Å²) in [4.78, 5) is 25.3. The Hall–Kier alpha value is -2.98. The van der Waals surface area contributed by atoms with Gasteiger partial charge in [0.2, 0.25) is 5.76 Å². The maximum atomic E-state index is 13.7. The lowest BCUT2D eigenvalue weighted by Crippen LogP contribution is -2.42. The van der Waals surface area contributed by atoms with Crippen molar-refractivity contribution in [2.75, 3.05) is 13.1 Å². The number of hydrogen-bond donors (Lipinski definition) is 1. The molecule has 1 aliphatic heterocycles. The number of nitrogens with zero attached hydrogens (tertiary/aromatic N) is 3. The van der Waals surface area contributed by atoms with Crippen LogP contribution in [0.25, 0.3) is 11.3 Å². The van der Waals surface area contributed by atoms with Crippen molar-refractivity contribution in [3.05, 3.63) is 28.8 Å². The molecule has 4 rings (SSSR count). The molecule has 0 spiro atoms. The largest absolute Gasteiger partial charge is 0.475 e. The summed E-state index contributed by atoms with van der Waals surface area (Å²) in [5.41, 5.74) is -1.34. The van der Waals surface area contributed by atoms with Gasteiger partial charge in [-0.05, 0) is 51.5 Å². The molecule has 1 fully saturated rings. The van der Waals surface area contributed by atoms with Crippen LogP contribution >= 0.6 is 0 Å².